The largest absolute Gasteiger partial charge is 0.505 e. The van der Waals surface area contributed by atoms with Crippen molar-refractivity contribution in [1.82, 2.24) is 0 Å². The van der Waals surface area contributed by atoms with Crippen molar-refractivity contribution in [2.45, 2.75) is 20.8 Å². The lowest BCUT2D eigenvalue weighted by Crippen LogP contribution is -2.21. The van der Waals surface area contributed by atoms with Gasteiger partial charge in [-0.15, -0.1) is 19.7 Å². The van der Waals surface area contributed by atoms with Gasteiger partial charge in [0.25, 0.3) is 20.2 Å². The number of aliphatic hydroxyl groups excluding tert-OH is 2. The number of ether oxygens (including phenoxy) is 1. The van der Waals surface area contributed by atoms with Crippen LogP contribution in [-0.4, -0.2) is 65.8 Å². The number of aromatic hydroxyl groups is 1. The van der Waals surface area contributed by atoms with Gasteiger partial charge in [-0.2, -0.15) is 21.9 Å². The molecule has 280 valence electrons. The SMILES string of the molecule is Nc1cc2c(O)c(N=Nc3ccc(N=Nc4ccc5c(S(=O)(=O)O)cccc5c4)c4ccc(OCC(O)CO)cc34)c(SOOO)cc2cc1S(=O)(=O)O. The quantitative estimate of drug-likeness (QED) is 0.0156. The molecule has 21 heteroatoms. The summed E-state index contributed by atoms with van der Waals surface area (Å²) < 4.78 is 76.7. The van der Waals surface area contributed by atoms with E-state index in [1.807, 2.05) is 0 Å². The Hall–Kier alpha value is -5.33. The number of fused-ring (bicyclic) bond motifs is 3. The summed E-state index contributed by atoms with van der Waals surface area (Å²) in [6.45, 7) is -0.771. The van der Waals surface area contributed by atoms with Crippen LogP contribution in [0.3, 0.4) is 0 Å². The second kappa shape index (κ2) is 15.6. The number of phenolic OH excluding ortho intramolecular Hbond substituents is 1. The smallest absolute Gasteiger partial charge is 0.296 e. The predicted molar refractivity (Wildman–Crippen MR) is 195 cm³/mol. The Morgan fingerprint density at radius 3 is 2.15 bits per heavy atom. The van der Waals surface area contributed by atoms with Gasteiger partial charge in [-0.3, -0.25) is 9.11 Å². The zero-order valence-corrected chi connectivity index (χ0v) is 29.7. The Balaban J connectivity index is 1.44. The summed E-state index contributed by atoms with van der Waals surface area (Å²) in [6, 6.07) is 20.4. The highest BCUT2D eigenvalue weighted by Gasteiger charge is 2.21. The van der Waals surface area contributed by atoms with Gasteiger partial charge in [0.1, 0.15) is 33.9 Å². The fourth-order valence-corrected chi connectivity index (χ4v) is 7.22. The molecule has 6 aromatic rings. The zero-order valence-electron chi connectivity index (χ0n) is 27.2. The maximum atomic E-state index is 11.8. The van der Waals surface area contributed by atoms with Crippen molar-refractivity contribution < 1.29 is 60.6 Å². The molecule has 0 heterocycles. The minimum absolute atomic E-state index is 0.0142. The number of rotatable bonds is 13. The first-order chi connectivity index (χ1) is 25.7. The minimum atomic E-state index is -4.73. The molecule has 0 aliphatic carbocycles. The first-order valence-corrected chi connectivity index (χ1v) is 18.8. The maximum Gasteiger partial charge on any atom is 0.296 e. The summed E-state index contributed by atoms with van der Waals surface area (Å²) in [5.41, 5.74) is 6.19. The van der Waals surface area contributed by atoms with Crippen molar-refractivity contribution >= 4 is 93.0 Å². The zero-order chi connectivity index (χ0) is 38.8. The third-order valence-corrected chi connectivity index (χ3v) is 10.3. The van der Waals surface area contributed by atoms with Crippen LogP contribution in [0.2, 0.25) is 0 Å². The van der Waals surface area contributed by atoms with Crippen LogP contribution in [0.1, 0.15) is 0 Å². The lowest BCUT2D eigenvalue weighted by Gasteiger charge is -2.12. The molecule has 0 spiro atoms. The first kappa shape index (κ1) is 38.4. The maximum absolute atomic E-state index is 11.8. The standard InChI is InChI=1S/C33H27N5O13S3/c34-26-14-24-18(12-31(26)54(46,47)48)11-29(52-51-50-42)32(33(24)41)38-37-28-9-8-27(23-7-5-21(13-25(23)28)49-16-20(40)15-39)36-35-19-4-6-22-17(10-19)2-1-3-30(22)53(43,44)45/h1-14,20,39-42H,15-16,34H2,(H,43,44,45)(H,46,47,48). The molecule has 0 saturated carbocycles. The first-order valence-electron chi connectivity index (χ1n) is 15.2. The van der Waals surface area contributed by atoms with Crippen LogP contribution < -0.4 is 10.5 Å². The van der Waals surface area contributed by atoms with Gasteiger partial charge < -0.3 is 25.8 Å². The van der Waals surface area contributed by atoms with Gasteiger partial charge in [-0.25, -0.2) is 5.26 Å². The van der Waals surface area contributed by atoms with Gasteiger partial charge in [-0.1, -0.05) is 23.2 Å². The highest BCUT2D eigenvalue weighted by atomic mass is 32.2. The van der Waals surface area contributed by atoms with Crippen LogP contribution in [0.5, 0.6) is 11.5 Å². The summed E-state index contributed by atoms with van der Waals surface area (Å²) in [7, 11) is -9.20. The van der Waals surface area contributed by atoms with Gasteiger partial charge in [0.05, 0.1) is 46.3 Å². The van der Waals surface area contributed by atoms with E-state index in [0.29, 0.717) is 45.0 Å². The Kier molecular flexibility index (Phi) is 11.1. The molecule has 6 rings (SSSR count). The number of nitrogens with zero attached hydrogens (tertiary/aromatic N) is 4. The van der Waals surface area contributed by atoms with Gasteiger partial charge in [0, 0.05) is 21.5 Å². The normalized spacial score (nSPS) is 13.1. The molecular weight excluding hydrogens is 771 g/mol. The summed E-state index contributed by atoms with van der Waals surface area (Å²) in [6.07, 6.45) is -1.16. The van der Waals surface area contributed by atoms with E-state index in [1.54, 1.807) is 36.4 Å². The van der Waals surface area contributed by atoms with Crippen LogP contribution in [-0.2, 0) is 29.6 Å². The van der Waals surface area contributed by atoms with Crippen LogP contribution in [0.25, 0.3) is 32.3 Å². The van der Waals surface area contributed by atoms with E-state index in [-0.39, 0.29) is 50.0 Å². The molecule has 0 aliphatic heterocycles. The average Bonchev–Trinajstić information content (AvgIpc) is 3.14. The number of nitrogen functional groups attached to an aromatic ring is 1. The van der Waals surface area contributed by atoms with E-state index in [2.05, 4.69) is 29.8 Å². The molecule has 1 unspecified atom stereocenters. The molecule has 0 amide bonds. The Morgan fingerprint density at radius 2 is 1.44 bits per heavy atom. The topological polar surface area (TPSA) is 293 Å². The average molecular weight is 798 g/mol. The van der Waals surface area contributed by atoms with Crippen LogP contribution >= 0.6 is 12.0 Å². The monoisotopic (exact) mass is 797 g/mol. The highest BCUT2D eigenvalue weighted by Crippen LogP contribution is 2.46. The number of nitrogens with two attached hydrogens (primary N) is 1. The third kappa shape index (κ3) is 8.24. The Morgan fingerprint density at radius 1 is 0.741 bits per heavy atom. The molecule has 8 N–H and O–H groups in total. The van der Waals surface area contributed by atoms with Crippen LogP contribution in [0.15, 0.2) is 120 Å². The highest BCUT2D eigenvalue weighted by molar-refractivity contribution is 7.94. The summed E-state index contributed by atoms with van der Waals surface area (Å²) >= 11 is 0.393. The lowest BCUT2D eigenvalue weighted by atomic mass is 10.1. The fourth-order valence-electron chi connectivity index (χ4n) is 5.38. The molecule has 0 aromatic heterocycles. The van der Waals surface area contributed by atoms with Crippen molar-refractivity contribution in [3.05, 3.63) is 84.9 Å². The number of hydrogen-bond donors (Lipinski definition) is 7. The molecule has 0 fully saturated rings. The molecule has 0 aliphatic rings. The molecular formula is C33H27N5O13S3. The summed E-state index contributed by atoms with van der Waals surface area (Å²) in [4.78, 5) is -0.880. The molecule has 0 bridgehead atoms. The lowest BCUT2D eigenvalue weighted by molar-refractivity contribution is -0.432. The van der Waals surface area contributed by atoms with Gasteiger partial charge in [0.2, 0.25) is 0 Å². The molecule has 6 aromatic carbocycles. The minimum Gasteiger partial charge on any atom is -0.505 e. The third-order valence-electron chi connectivity index (χ3n) is 7.84. The van der Waals surface area contributed by atoms with E-state index in [9.17, 15) is 41.3 Å². The van der Waals surface area contributed by atoms with Gasteiger partial charge in [-0.05, 0) is 77.5 Å². The van der Waals surface area contributed by atoms with Crippen molar-refractivity contribution in [1.29, 1.82) is 0 Å². The second-order valence-corrected chi connectivity index (χ2v) is 14.9. The molecule has 0 radical (unpaired) electrons. The molecule has 0 saturated heterocycles. The number of aliphatic hydroxyl groups is 2. The predicted octanol–water partition coefficient (Wildman–Crippen LogP) is 6.92. The number of hydrogen-bond acceptors (Lipinski definition) is 17. The Labute approximate surface area is 309 Å². The molecule has 1 atom stereocenters. The van der Waals surface area contributed by atoms with Crippen molar-refractivity contribution in [3.8, 4) is 11.5 Å². The number of azo groups is 2. The second-order valence-electron chi connectivity index (χ2n) is 11.4. The Bertz CT molecular complexity index is 2710. The van der Waals surface area contributed by atoms with E-state index < -0.39 is 43.6 Å². The van der Waals surface area contributed by atoms with E-state index in [4.69, 9.17) is 15.7 Å². The van der Waals surface area contributed by atoms with E-state index >= 15 is 0 Å². The summed E-state index contributed by atoms with van der Waals surface area (Å²) in [5, 5.41) is 61.8. The molecule has 54 heavy (non-hydrogen) atoms. The van der Waals surface area contributed by atoms with Gasteiger partial charge in [0.15, 0.2) is 5.75 Å². The van der Waals surface area contributed by atoms with Crippen molar-refractivity contribution in [2.75, 3.05) is 18.9 Å². The van der Waals surface area contributed by atoms with Crippen LogP contribution in [0.4, 0.5) is 28.4 Å². The number of phenols is 1. The van der Waals surface area contributed by atoms with E-state index in [0.717, 1.165) is 12.1 Å². The van der Waals surface area contributed by atoms with Crippen LogP contribution in [0, 0.1) is 0 Å². The van der Waals surface area contributed by atoms with E-state index in [1.165, 1.54) is 36.4 Å². The molecule has 18 nitrogen and oxygen atoms in total. The fraction of sp³-hybridized carbons (Fsp3) is 0.0909. The number of anilines is 1. The van der Waals surface area contributed by atoms with Crippen molar-refractivity contribution in [3.63, 3.8) is 0 Å². The van der Waals surface area contributed by atoms with Gasteiger partial charge >= 0.3 is 0 Å². The summed E-state index contributed by atoms with van der Waals surface area (Å²) in [5.74, 6) is -0.252. The number of benzene rings is 6. The van der Waals surface area contributed by atoms with Crippen molar-refractivity contribution in [2.24, 2.45) is 20.5 Å².